The minimum Gasteiger partial charge on any atom is -0.390 e. The summed E-state index contributed by atoms with van der Waals surface area (Å²) >= 11 is 0. The van der Waals surface area contributed by atoms with E-state index in [4.69, 9.17) is 0 Å². The van der Waals surface area contributed by atoms with Crippen molar-refractivity contribution in [2.75, 3.05) is 0 Å². The average molecular weight is 424 g/mol. The van der Waals surface area contributed by atoms with Gasteiger partial charge >= 0.3 is 0 Å². The molecule has 0 spiro atoms. The lowest BCUT2D eigenvalue weighted by molar-refractivity contribution is -0.151. The van der Waals surface area contributed by atoms with Crippen molar-refractivity contribution < 1.29 is 9.90 Å². The highest BCUT2D eigenvalue weighted by atomic mass is 16.3. The fourth-order valence-corrected chi connectivity index (χ4v) is 8.79. The number of ketones is 1. The van der Waals surface area contributed by atoms with E-state index < -0.39 is 5.60 Å². The van der Waals surface area contributed by atoms with E-state index in [2.05, 4.69) is 24.9 Å². The summed E-state index contributed by atoms with van der Waals surface area (Å²) in [5.41, 5.74) is -0.0389. The molecule has 168 valence electrons. The Hall–Kier alpha value is -1.67. The van der Waals surface area contributed by atoms with Gasteiger partial charge in [-0.05, 0) is 99.2 Å². The van der Waals surface area contributed by atoms with Crippen LogP contribution in [0.25, 0.3) is 0 Å². The molecule has 0 bridgehead atoms. The van der Waals surface area contributed by atoms with Crippen LogP contribution in [0.4, 0.5) is 0 Å². The van der Waals surface area contributed by atoms with Gasteiger partial charge in [-0.25, -0.2) is 4.98 Å². The second-order valence-corrected chi connectivity index (χ2v) is 12.0. The molecule has 0 unspecified atom stereocenters. The summed E-state index contributed by atoms with van der Waals surface area (Å²) in [6.07, 6.45) is 13.4. The molecular formula is C26H37N3O2. The molecule has 1 N–H and O–H groups in total. The Labute approximate surface area is 186 Å². The lowest BCUT2D eigenvalue weighted by Crippen LogP contribution is -2.55. The van der Waals surface area contributed by atoms with Crippen molar-refractivity contribution in [1.82, 2.24) is 9.55 Å². The van der Waals surface area contributed by atoms with Gasteiger partial charge in [-0.15, -0.1) is 0 Å². The highest BCUT2D eigenvalue weighted by Gasteiger charge is 2.61. The van der Waals surface area contributed by atoms with Crippen LogP contribution in [0.15, 0.2) is 12.4 Å². The van der Waals surface area contributed by atoms with Gasteiger partial charge in [-0.1, -0.05) is 13.8 Å². The smallest absolute Gasteiger partial charge is 0.213 e. The van der Waals surface area contributed by atoms with Gasteiger partial charge in [0.05, 0.1) is 12.1 Å². The molecule has 0 amide bonds. The number of imidazole rings is 1. The topological polar surface area (TPSA) is 78.9 Å². The van der Waals surface area contributed by atoms with Crippen LogP contribution >= 0.6 is 0 Å². The zero-order chi connectivity index (χ0) is 22.0. The fraction of sp³-hybridized carbons (Fsp3) is 0.808. The predicted molar refractivity (Wildman–Crippen MR) is 118 cm³/mol. The van der Waals surface area contributed by atoms with E-state index in [1.807, 2.05) is 6.92 Å². The molecular weight excluding hydrogens is 386 g/mol. The summed E-state index contributed by atoms with van der Waals surface area (Å²) in [4.78, 5) is 17.4. The molecule has 0 aliphatic heterocycles. The van der Waals surface area contributed by atoms with Crippen LogP contribution in [-0.4, -0.2) is 26.0 Å². The molecule has 8 atom stereocenters. The molecule has 0 radical (unpaired) electrons. The normalized spacial score (nSPS) is 46.5. The number of Topliss-reactive ketones (excluding diaryl/α,β-unsaturated/α-hetero) is 1. The Bertz CT molecular complexity index is 914. The lowest BCUT2D eigenvalue weighted by Gasteiger charge is -2.61. The molecule has 5 rings (SSSR count). The molecule has 31 heavy (non-hydrogen) atoms. The Morgan fingerprint density at radius 2 is 1.90 bits per heavy atom. The van der Waals surface area contributed by atoms with Crippen LogP contribution in [0.3, 0.4) is 0 Å². The van der Waals surface area contributed by atoms with Crippen LogP contribution in [0.5, 0.6) is 0 Å². The number of aliphatic hydroxyl groups is 1. The highest BCUT2D eigenvalue weighted by molar-refractivity contribution is 5.82. The maximum absolute atomic E-state index is 13.4. The maximum atomic E-state index is 13.4. The highest BCUT2D eigenvalue weighted by Crippen LogP contribution is 2.68. The van der Waals surface area contributed by atoms with E-state index in [1.54, 1.807) is 17.0 Å². The number of hydrogen-bond donors (Lipinski definition) is 1. The third-order valence-corrected chi connectivity index (χ3v) is 10.5. The summed E-state index contributed by atoms with van der Waals surface area (Å²) in [7, 11) is 0. The van der Waals surface area contributed by atoms with E-state index in [0.29, 0.717) is 23.1 Å². The van der Waals surface area contributed by atoms with Crippen molar-refractivity contribution in [3.8, 4) is 6.07 Å². The quantitative estimate of drug-likeness (QED) is 0.762. The minimum absolute atomic E-state index is 0.0923. The first-order valence-electron chi connectivity index (χ1n) is 12.3. The molecule has 0 aromatic carbocycles. The van der Waals surface area contributed by atoms with Gasteiger partial charge < -0.3 is 9.67 Å². The molecule has 5 nitrogen and oxygen atoms in total. The van der Waals surface area contributed by atoms with Crippen molar-refractivity contribution in [1.29, 1.82) is 5.26 Å². The van der Waals surface area contributed by atoms with Gasteiger partial charge in [-0.2, -0.15) is 5.26 Å². The molecule has 1 aromatic rings. The number of carbonyl (C=O) groups is 1. The molecule has 4 aliphatic rings. The molecule has 1 heterocycles. The van der Waals surface area contributed by atoms with Gasteiger partial charge in [0.25, 0.3) is 0 Å². The molecule has 5 heteroatoms. The zero-order valence-electron chi connectivity index (χ0n) is 19.3. The van der Waals surface area contributed by atoms with Gasteiger partial charge in [0.15, 0.2) is 5.78 Å². The van der Waals surface area contributed by atoms with Crippen LogP contribution in [0, 0.1) is 51.8 Å². The first-order chi connectivity index (χ1) is 14.7. The number of nitrogens with zero attached hydrogens (tertiary/aromatic N) is 3. The van der Waals surface area contributed by atoms with Crippen molar-refractivity contribution in [3.63, 3.8) is 0 Å². The van der Waals surface area contributed by atoms with Crippen LogP contribution < -0.4 is 0 Å². The second kappa shape index (κ2) is 7.17. The van der Waals surface area contributed by atoms with E-state index in [-0.39, 0.29) is 23.7 Å². The van der Waals surface area contributed by atoms with Crippen LogP contribution in [-0.2, 0) is 11.3 Å². The summed E-state index contributed by atoms with van der Waals surface area (Å²) in [6.45, 7) is 7.22. The van der Waals surface area contributed by atoms with Crippen LogP contribution in [0.2, 0.25) is 0 Å². The largest absolute Gasteiger partial charge is 0.390 e. The number of fused-ring (bicyclic) bond motifs is 5. The van der Waals surface area contributed by atoms with Gasteiger partial charge in [0.2, 0.25) is 5.82 Å². The summed E-state index contributed by atoms with van der Waals surface area (Å²) in [6, 6.07) is 2.09. The Kier molecular flexibility index (Phi) is 4.90. The Morgan fingerprint density at radius 3 is 2.68 bits per heavy atom. The van der Waals surface area contributed by atoms with E-state index in [9.17, 15) is 15.2 Å². The summed E-state index contributed by atoms with van der Waals surface area (Å²) < 4.78 is 1.71. The van der Waals surface area contributed by atoms with Gasteiger partial charge in [0, 0.05) is 18.3 Å². The third kappa shape index (κ3) is 3.20. The standard InChI is InChI=1S/C26H37N3O2/c1-24(31)10-11-25(2)17(14-24)4-5-18-19-6-7-21(26(19,3)9-8-20(18)25)22(30)16-29-13-12-28-23(29)15-27/h12-13,17-21,31H,4-11,14,16H2,1-3H3/t17-,18-,19-,20-,21+,24+,25-,26-/m0/s1. The number of rotatable bonds is 3. The number of carbonyl (C=O) groups excluding carboxylic acids is 1. The van der Waals surface area contributed by atoms with Gasteiger partial charge in [-0.3, -0.25) is 4.79 Å². The first kappa shape index (κ1) is 21.2. The van der Waals surface area contributed by atoms with E-state index in [1.165, 1.54) is 25.7 Å². The van der Waals surface area contributed by atoms with Crippen molar-refractivity contribution in [3.05, 3.63) is 18.2 Å². The van der Waals surface area contributed by atoms with Gasteiger partial charge in [0.1, 0.15) is 6.07 Å². The van der Waals surface area contributed by atoms with Crippen molar-refractivity contribution >= 4 is 5.78 Å². The predicted octanol–water partition coefficient (Wildman–Crippen LogP) is 4.73. The van der Waals surface area contributed by atoms with E-state index in [0.717, 1.165) is 43.9 Å². The minimum atomic E-state index is -0.485. The zero-order valence-corrected chi connectivity index (χ0v) is 19.3. The maximum Gasteiger partial charge on any atom is 0.213 e. The summed E-state index contributed by atoms with van der Waals surface area (Å²) in [5.74, 6) is 3.47. The fourth-order valence-electron chi connectivity index (χ4n) is 8.79. The average Bonchev–Trinajstić information content (AvgIpc) is 3.31. The lowest BCUT2D eigenvalue weighted by atomic mass is 9.44. The SMILES string of the molecule is C[C@@]1(O)CC[C@@]2(C)[C@@H](CC[C@@H]3[C@@H]2CC[C@]2(C)[C@@H](C(=O)Cn4ccnc4C#N)CC[C@@H]32)C1. The van der Waals surface area contributed by atoms with Crippen molar-refractivity contribution in [2.24, 2.45) is 40.4 Å². The molecule has 4 saturated carbocycles. The third-order valence-electron chi connectivity index (χ3n) is 10.5. The van der Waals surface area contributed by atoms with Crippen LogP contribution in [0.1, 0.15) is 84.4 Å². The molecule has 0 saturated heterocycles. The number of aromatic nitrogens is 2. The number of nitriles is 1. The van der Waals surface area contributed by atoms with E-state index >= 15 is 0 Å². The molecule has 4 fully saturated rings. The van der Waals surface area contributed by atoms with Crippen molar-refractivity contribution in [2.45, 2.75) is 90.7 Å². The summed E-state index contributed by atoms with van der Waals surface area (Å²) in [5, 5.41) is 19.9. The second-order valence-electron chi connectivity index (χ2n) is 12.0. The monoisotopic (exact) mass is 423 g/mol. The molecule has 1 aromatic heterocycles. The Balaban J connectivity index is 1.35. The number of hydrogen-bond acceptors (Lipinski definition) is 4. The molecule has 4 aliphatic carbocycles. The Morgan fingerprint density at radius 1 is 1.13 bits per heavy atom. The first-order valence-corrected chi connectivity index (χ1v) is 12.3.